The normalized spacial score (nSPS) is 20.1. The third-order valence-electron chi connectivity index (χ3n) is 6.84. The highest BCUT2D eigenvalue weighted by Gasteiger charge is 2.41. The highest BCUT2D eigenvalue weighted by Crippen LogP contribution is 2.34. The monoisotopic (exact) mass is 469 g/mol. The molecule has 3 rings (SSSR count). The molecule has 9 heteroatoms. The van der Waals surface area contributed by atoms with Gasteiger partial charge < -0.3 is 10.1 Å². The number of benzene rings is 1. The Bertz CT molecular complexity index is 908. The smallest absolute Gasteiger partial charge is 0.255 e. The number of carbonyl (C=O) groups is 1. The van der Waals surface area contributed by atoms with Crippen molar-refractivity contribution in [3.8, 4) is 5.75 Å². The maximum Gasteiger partial charge on any atom is 0.255 e. The van der Waals surface area contributed by atoms with Gasteiger partial charge in [0.1, 0.15) is 11.6 Å². The Morgan fingerprint density at radius 2 is 1.81 bits per heavy atom. The molecule has 2 fully saturated rings. The molecule has 1 aromatic rings. The molecule has 1 heterocycles. The van der Waals surface area contributed by atoms with Crippen molar-refractivity contribution in [3.63, 3.8) is 0 Å². The molecule has 0 spiro atoms. The van der Waals surface area contributed by atoms with E-state index in [2.05, 4.69) is 10.2 Å². The van der Waals surface area contributed by atoms with Crippen LogP contribution in [0.3, 0.4) is 0 Å². The Kier molecular flexibility index (Phi) is 8.16. The Balaban J connectivity index is 1.72. The number of nitrogens with one attached hydrogen (secondary N) is 1. The van der Waals surface area contributed by atoms with Crippen molar-refractivity contribution in [1.82, 2.24) is 14.5 Å². The fourth-order valence-electron chi connectivity index (χ4n) is 5.14. The molecule has 32 heavy (non-hydrogen) atoms. The molecule has 0 radical (unpaired) electrons. The minimum absolute atomic E-state index is 0.185. The second-order valence-corrected chi connectivity index (χ2v) is 11.1. The van der Waals surface area contributed by atoms with Gasteiger partial charge >= 0.3 is 0 Å². The van der Waals surface area contributed by atoms with E-state index in [9.17, 15) is 17.6 Å². The van der Waals surface area contributed by atoms with Crippen LogP contribution < -0.4 is 10.1 Å². The number of rotatable bonds is 8. The molecule has 1 amide bonds. The van der Waals surface area contributed by atoms with Crippen molar-refractivity contribution in [2.75, 3.05) is 45.6 Å². The highest BCUT2D eigenvalue weighted by atomic mass is 32.2. The summed E-state index contributed by atoms with van der Waals surface area (Å²) in [7, 11) is -1.76. The summed E-state index contributed by atoms with van der Waals surface area (Å²) >= 11 is 0. The van der Waals surface area contributed by atoms with E-state index in [0.717, 1.165) is 25.7 Å². The van der Waals surface area contributed by atoms with Crippen LogP contribution in [0.25, 0.3) is 0 Å². The number of piperazine rings is 1. The molecule has 180 valence electrons. The minimum atomic E-state index is -3.19. The number of carbonyl (C=O) groups excluding carboxylic acids is 1. The maximum atomic E-state index is 13.7. The SMILES string of the molecule is CCCS(=O)(=O)N1CCN(C2(CNC(=O)c3c(C)cc(F)cc3OC)CCCCC2)CC1. The number of halogens is 1. The number of hydrogen-bond acceptors (Lipinski definition) is 5. The third kappa shape index (κ3) is 5.43. The number of ether oxygens (including phenoxy) is 1. The lowest BCUT2D eigenvalue weighted by atomic mass is 9.79. The summed E-state index contributed by atoms with van der Waals surface area (Å²) in [6.45, 7) is 6.37. The van der Waals surface area contributed by atoms with Gasteiger partial charge in [-0.1, -0.05) is 26.2 Å². The molecular weight excluding hydrogens is 433 g/mol. The van der Waals surface area contributed by atoms with Gasteiger partial charge in [0.15, 0.2) is 0 Å². The first-order valence-electron chi connectivity index (χ1n) is 11.6. The molecule has 2 aliphatic rings. The summed E-state index contributed by atoms with van der Waals surface area (Å²) in [5, 5.41) is 3.09. The summed E-state index contributed by atoms with van der Waals surface area (Å²) in [6.07, 6.45) is 5.89. The summed E-state index contributed by atoms with van der Waals surface area (Å²) < 4.78 is 45.5. The van der Waals surface area contributed by atoms with E-state index < -0.39 is 15.8 Å². The first kappa shape index (κ1) is 24.9. The summed E-state index contributed by atoms with van der Waals surface area (Å²) in [5.74, 6) is -0.288. The van der Waals surface area contributed by atoms with Crippen molar-refractivity contribution in [1.29, 1.82) is 0 Å². The Morgan fingerprint density at radius 1 is 1.16 bits per heavy atom. The van der Waals surface area contributed by atoms with Gasteiger partial charge in [0.05, 0.1) is 18.4 Å². The van der Waals surface area contributed by atoms with Crippen LogP contribution in [0.1, 0.15) is 61.4 Å². The second-order valence-electron chi connectivity index (χ2n) is 8.97. The van der Waals surface area contributed by atoms with Gasteiger partial charge in [0.2, 0.25) is 10.0 Å². The van der Waals surface area contributed by atoms with E-state index in [4.69, 9.17) is 4.74 Å². The van der Waals surface area contributed by atoms with Crippen molar-refractivity contribution in [3.05, 3.63) is 29.1 Å². The molecule has 1 saturated heterocycles. The van der Waals surface area contributed by atoms with Gasteiger partial charge in [-0.2, -0.15) is 4.31 Å². The molecule has 1 aliphatic carbocycles. The van der Waals surface area contributed by atoms with Crippen LogP contribution in [0.5, 0.6) is 5.75 Å². The predicted molar refractivity (Wildman–Crippen MR) is 123 cm³/mol. The number of methoxy groups -OCH3 is 1. The van der Waals surface area contributed by atoms with E-state index in [0.29, 0.717) is 50.3 Å². The number of aryl methyl sites for hydroxylation is 1. The van der Waals surface area contributed by atoms with Crippen LogP contribution in [-0.4, -0.2) is 74.7 Å². The van der Waals surface area contributed by atoms with Crippen LogP contribution in [0, 0.1) is 12.7 Å². The lowest BCUT2D eigenvalue weighted by Gasteiger charge is -2.49. The van der Waals surface area contributed by atoms with Crippen molar-refractivity contribution < 1.29 is 22.3 Å². The number of amides is 1. The van der Waals surface area contributed by atoms with Gasteiger partial charge in [0.25, 0.3) is 5.91 Å². The van der Waals surface area contributed by atoms with Crippen molar-refractivity contribution >= 4 is 15.9 Å². The van der Waals surface area contributed by atoms with Crippen molar-refractivity contribution in [2.24, 2.45) is 0 Å². The number of hydrogen-bond donors (Lipinski definition) is 1. The van der Waals surface area contributed by atoms with E-state index >= 15 is 0 Å². The van der Waals surface area contributed by atoms with Crippen LogP contribution in [0.15, 0.2) is 12.1 Å². The van der Waals surface area contributed by atoms with E-state index in [1.807, 2.05) is 6.92 Å². The Labute approximate surface area is 191 Å². The Morgan fingerprint density at radius 3 is 2.41 bits per heavy atom. The zero-order valence-electron chi connectivity index (χ0n) is 19.5. The molecular formula is C23H36FN3O4S. The van der Waals surface area contributed by atoms with Gasteiger partial charge in [-0.15, -0.1) is 0 Å². The topological polar surface area (TPSA) is 79.0 Å². The fraction of sp³-hybridized carbons (Fsp3) is 0.696. The zero-order valence-corrected chi connectivity index (χ0v) is 20.3. The van der Waals surface area contributed by atoms with Gasteiger partial charge in [0, 0.05) is 44.3 Å². The summed E-state index contributed by atoms with van der Waals surface area (Å²) in [4.78, 5) is 15.4. The molecule has 1 N–H and O–H groups in total. The van der Waals surface area contributed by atoms with E-state index in [1.54, 1.807) is 11.2 Å². The lowest BCUT2D eigenvalue weighted by molar-refractivity contribution is 0.0240. The van der Waals surface area contributed by atoms with Gasteiger partial charge in [-0.25, -0.2) is 12.8 Å². The molecule has 0 aromatic heterocycles. The Hall–Kier alpha value is -1.71. The molecule has 0 atom stereocenters. The highest BCUT2D eigenvalue weighted by molar-refractivity contribution is 7.89. The van der Waals surface area contributed by atoms with E-state index in [1.165, 1.54) is 25.7 Å². The standard InChI is InChI=1S/C23H36FN3O4S/c1-4-14-32(29,30)27-12-10-26(11-13-27)23(8-6-5-7-9-23)17-25-22(28)21-18(2)15-19(24)16-20(21)31-3/h15-16H,4-14,17H2,1-3H3,(H,25,28). The molecule has 1 saturated carbocycles. The minimum Gasteiger partial charge on any atom is -0.496 e. The average molecular weight is 470 g/mol. The average Bonchev–Trinajstić information content (AvgIpc) is 2.77. The van der Waals surface area contributed by atoms with Crippen LogP contribution in [0.2, 0.25) is 0 Å². The van der Waals surface area contributed by atoms with Crippen LogP contribution >= 0.6 is 0 Å². The fourth-order valence-corrected chi connectivity index (χ4v) is 6.63. The third-order valence-corrected chi connectivity index (χ3v) is 8.91. The van der Waals surface area contributed by atoms with Crippen molar-refractivity contribution in [2.45, 2.75) is 57.9 Å². The molecule has 0 unspecified atom stereocenters. The quantitative estimate of drug-likeness (QED) is 0.633. The molecule has 1 aromatic carbocycles. The zero-order chi connectivity index (χ0) is 23.4. The number of sulfonamides is 1. The maximum absolute atomic E-state index is 13.7. The summed E-state index contributed by atoms with van der Waals surface area (Å²) in [5.41, 5.74) is 0.706. The second kappa shape index (κ2) is 10.5. The molecule has 7 nitrogen and oxygen atoms in total. The molecule has 1 aliphatic heterocycles. The van der Waals surface area contributed by atoms with E-state index in [-0.39, 0.29) is 22.9 Å². The predicted octanol–water partition coefficient (Wildman–Crippen LogP) is 2.93. The first-order chi connectivity index (χ1) is 15.2. The molecule has 0 bridgehead atoms. The largest absolute Gasteiger partial charge is 0.496 e. The van der Waals surface area contributed by atoms with Gasteiger partial charge in [-0.05, 0) is 37.8 Å². The van der Waals surface area contributed by atoms with Crippen LogP contribution in [0.4, 0.5) is 4.39 Å². The van der Waals surface area contributed by atoms with Gasteiger partial charge in [-0.3, -0.25) is 9.69 Å². The number of nitrogens with zero attached hydrogens (tertiary/aromatic N) is 2. The summed E-state index contributed by atoms with van der Waals surface area (Å²) in [6, 6.07) is 2.57. The first-order valence-corrected chi connectivity index (χ1v) is 13.2. The van der Waals surface area contributed by atoms with Crippen LogP contribution in [-0.2, 0) is 10.0 Å². The lowest BCUT2D eigenvalue weighted by Crippen LogP contribution is -2.62.